The topological polar surface area (TPSA) is 114 Å². The van der Waals surface area contributed by atoms with E-state index in [1.54, 1.807) is 36.1 Å². The van der Waals surface area contributed by atoms with Crippen molar-refractivity contribution in [2.75, 3.05) is 23.8 Å². The number of ether oxygens (including phenoxy) is 1. The van der Waals surface area contributed by atoms with Gasteiger partial charge in [0.15, 0.2) is 0 Å². The molecule has 1 aromatic heterocycles. The number of hydrogen-bond acceptors (Lipinski definition) is 7. The van der Waals surface area contributed by atoms with Crippen molar-refractivity contribution in [3.05, 3.63) is 69.9 Å². The molecule has 11 heteroatoms. The Hall–Kier alpha value is -3.86. The van der Waals surface area contributed by atoms with Crippen molar-refractivity contribution in [2.24, 2.45) is 0 Å². The van der Waals surface area contributed by atoms with E-state index in [1.165, 1.54) is 24.3 Å². The van der Waals surface area contributed by atoms with Crippen molar-refractivity contribution in [1.82, 2.24) is 15.1 Å². The fourth-order valence-corrected chi connectivity index (χ4v) is 4.61. The Morgan fingerprint density at radius 3 is 2.46 bits per heavy atom. The Balaban J connectivity index is 1.37. The number of esters is 1. The Bertz CT molecular complexity index is 1200. The number of benzene rings is 2. The molecule has 2 heterocycles. The molecule has 182 valence electrons. The lowest BCUT2D eigenvalue weighted by Gasteiger charge is -2.23. The van der Waals surface area contributed by atoms with E-state index in [2.05, 4.69) is 20.8 Å². The third-order valence-electron chi connectivity index (χ3n) is 5.39. The SMILES string of the molecule is CCOC(=O)Cc1ccc(NC(=O)N2CCC[C@H]2c2nnc(C(=O)Nc3ccc(F)cc3)s2)cc1. The summed E-state index contributed by atoms with van der Waals surface area (Å²) in [5, 5.41) is 14.4. The van der Waals surface area contributed by atoms with E-state index in [9.17, 15) is 18.8 Å². The highest BCUT2D eigenvalue weighted by molar-refractivity contribution is 7.13. The van der Waals surface area contributed by atoms with Gasteiger partial charge in [-0.1, -0.05) is 23.5 Å². The van der Waals surface area contributed by atoms with Gasteiger partial charge in [0.2, 0.25) is 5.01 Å². The summed E-state index contributed by atoms with van der Waals surface area (Å²) >= 11 is 1.13. The zero-order valence-electron chi connectivity index (χ0n) is 19.0. The predicted molar refractivity (Wildman–Crippen MR) is 129 cm³/mol. The number of likely N-dealkylation sites (tertiary alicyclic amines) is 1. The van der Waals surface area contributed by atoms with Crippen LogP contribution in [-0.4, -0.2) is 46.2 Å². The number of nitrogens with zero attached hydrogens (tertiary/aromatic N) is 3. The molecule has 1 aliphatic rings. The Morgan fingerprint density at radius 2 is 1.74 bits per heavy atom. The first-order valence-corrected chi connectivity index (χ1v) is 12.0. The molecule has 1 aliphatic heterocycles. The monoisotopic (exact) mass is 497 g/mol. The molecule has 2 aromatic carbocycles. The predicted octanol–water partition coefficient (Wildman–Crippen LogP) is 4.40. The molecule has 0 bridgehead atoms. The van der Waals surface area contributed by atoms with E-state index in [4.69, 9.17) is 4.74 Å². The third-order valence-corrected chi connectivity index (χ3v) is 6.42. The molecule has 1 fully saturated rings. The number of carbonyl (C=O) groups excluding carboxylic acids is 3. The molecule has 0 saturated carbocycles. The lowest BCUT2D eigenvalue weighted by Crippen LogP contribution is -2.34. The van der Waals surface area contributed by atoms with Crippen LogP contribution in [0.2, 0.25) is 0 Å². The van der Waals surface area contributed by atoms with E-state index in [1.807, 2.05) is 0 Å². The van der Waals surface area contributed by atoms with Crippen molar-refractivity contribution in [3.8, 4) is 0 Å². The maximum atomic E-state index is 13.1. The second-order valence-electron chi connectivity index (χ2n) is 7.87. The minimum Gasteiger partial charge on any atom is -0.466 e. The van der Waals surface area contributed by atoms with Crippen LogP contribution in [0.1, 0.15) is 46.2 Å². The first-order valence-electron chi connectivity index (χ1n) is 11.2. The van der Waals surface area contributed by atoms with Gasteiger partial charge in [-0.3, -0.25) is 9.59 Å². The van der Waals surface area contributed by atoms with Crippen LogP contribution in [0.25, 0.3) is 0 Å². The zero-order chi connectivity index (χ0) is 24.8. The number of rotatable bonds is 7. The van der Waals surface area contributed by atoms with Crippen LogP contribution in [0.15, 0.2) is 48.5 Å². The number of carbonyl (C=O) groups is 3. The van der Waals surface area contributed by atoms with E-state index < -0.39 is 11.7 Å². The zero-order valence-corrected chi connectivity index (χ0v) is 19.8. The highest BCUT2D eigenvalue weighted by Crippen LogP contribution is 2.34. The number of amides is 3. The number of aromatic nitrogens is 2. The van der Waals surface area contributed by atoms with Gasteiger partial charge in [0.05, 0.1) is 19.1 Å². The summed E-state index contributed by atoms with van der Waals surface area (Å²) < 4.78 is 18.0. The number of halogens is 1. The Morgan fingerprint density at radius 1 is 1.06 bits per heavy atom. The molecule has 9 nitrogen and oxygen atoms in total. The van der Waals surface area contributed by atoms with Crippen LogP contribution in [-0.2, 0) is 16.0 Å². The van der Waals surface area contributed by atoms with E-state index in [0.29, 0.717) is 36.0 Å². The van der Waals surface area contributed by atoms with Gasteiger partial charge in [-0.05, 0) is 61.7 Å². The van der Waals surface area contributed by atoms with Crippen LogP contribution in [0.3, 0.4) is 0 Å². The highest BCUT2D eigenvalue weighted by atomic mass is 32.1. The smallest absolute Gasteiger partial charge is 0.322 e. The molecule has 1 atom stereocenters. The van der Waals surface area contributed by atoms with E-state index in [-0.39, 0.29) is 29.5 Å². The molecule has 35 heavy (non-hydrogen) atoms. The van der Waals surface area contributed by atoms with Gasteiger partial charge >= 0.3 is 12.0 Å². The minimum atomic E-state index is -0.447. The van der Waals surface area contributed by atoms with Gasteiger partial charge in [-0.2, -0.15) is 0 Å². The largest absolute Gasteiger partial charge is 0.466 e. The van der Waals surface area contributed by atoms with Gasteiger partial charge in [0.1, 0.15) is 10.8 Å². The highest BCUT2D eigenvalue weighted by Gasteiger charge is 2.33. The Labute approximate surface area is 205 Å². The molecule has 1 saturated heterocycles. The minimum absolute atomic E-state index is 0.161. The lowest BCUT2D eigenvalue weighted by molar-refractivity contribution is -0.142. The lowest BCUT2D eigenvalue weighted by atomic mass is 10.1. The summed E-state index contributed by atoms with van der Waals surface area (Å²) in [5.41, 5.74) is 1.84. The maximum absolute atomic E-state index is 13.1. The van der Waals surface area contributed by atoms with Gasteiger partial charge in [-0.15, -0.1) is 10.2 Å². The second-order valence-corrected chi connectivity index (χ2v) is 8.88. The summed E-state index contributed by atoms with van der Waals surface area (Å²) in [6.45, 7) is 2.64. The molecule has 0 unspecified atom stereocenters. The second kappa shape index (κ2) is 11.0. The number of nitrogens with one attached hydrogen (secondary N) is 2. The van der Waals surface area contributed by atoms with Gasteiger partial charge in [-0.25, -0.2) is 9.18 Å². The van der Waals surface area contributed by atoms with Gasteiger partial charge in [0, 0.05) is 17.9 Å². The number of urea groups is 1. The molecule has 3 aromatic rings. The van der Waals surface area contributed by atoms with Crippen molar-refractivity contribution in [1.29, 1.82) is 0 Å². The first-order chi connectivity index (χ1) is 16.9. The first kappa shape index (κ1) is 24.3. The average Bonchev–Trinajstić information content (AvgIpc) is 3.52. The van der Waals surface area contributed by atoms with Crippen molar-refractivity contribution < 1.29 is 23.5 Å². The Kier molecular flexibility index (Phi) is 7.66. The maximum Gasteiger partial charge on any atom is 0.322 e. The molecule has 0 aliphatic carbocycles. The van der Waals surface area contributed by atoms with Crippen LogP contribution < -0.4 is 10.6 Å². The molecular weight excluding hydrogens is 473 g/mol. The summed E-state index contributed by atoms with van der Waals surface area (Å²) in [4.78, 5) is 38.7. The quantitative estimate of drug-likeness (QED) is 0.468. The molecule has 2 N–H and O–H groups in total. The van der Waals surface area contributed by atoms with Crippen molar-refractivity contribution in [2.45, 2.75) is 32.2 Å². The number of hydrogen-bond donors (Lipinski definition) is 2. The molecule has 0 spiro atoms. The molecule has 4 rings (SSSR count). The average molecular weight is 498 g/mol. The number of anilines is 2. The van der Waals surface area contributed by atoms with Crippen LogP contribution in [0.4, 0.5) is 20.6 Å². The summed E-state index contributed by atoms with van der Waals surface area (Å²) in [6, 6.07) is 11.9. The summed E-state index contributed by atoms with van der Waals surface area (Å²) in [6.07, 6.45) is 1.68. The van der Waals surface area contributed by atoms with Crippen LogP contribution in [0.5, 0.6) is 0 Å². The van der Waals surface area contributed by atoms with Crippen LogP contribution in [0, 0.1) is 5.82 Å². The summed E-state index contributed by atoms with van der Waals surface area (Å²) in [7, 11) is 0. The van der Waals surface area contributed by atoms with Crippen molar-refractivity contribution in [3.63, 3.8) is 0 Å². The normalized spacial score (nSPS) is 15.0. The van der Waals surface area contributed by atoms with Crippen LogP contribution >= 0.6 is 11.3 Å². The van der Waals surface area contributed by atoms with E-state index in [0.717, 1.165) is 23.3 Å². The van der Waals surface area contributed by atoms with E-state index >= 15 is 0 Å². The molecule has 0 radical (unpaired) electrons. The van der Waals surface area contributed by atoms with Gasteiger partial charge in [0.25, 0.3) is 5.91 Å². The molecule has 3 amide bonds. The fraction of sp³-hybridized carbons (Fsp3) is 0.292. The van der Waals surface area contributed by atoms with Crippen molar-refractivity contribution >= 4 is 40.6 Å². The summed E-state index contributed by atoms with van der Waals surface area (Å²) in [5.74, 6) is -1.14. The molecular formula is C24H24FN5O4S. The van der Waals surface area contributed by atoms with Gasteiger partial charge < -0.3 is 20.3 Å². The fourth-order valence-electron chi connectivity index (χ4n) is 3.73. The standard InChI is InChI=1S/C24H24FN5O4S/c1-2-34-20(31)14-15-5-9-18(10-6-15)27-24(33)30-13-3-4-19(30)22-28-29-23(35-22)21(32)26-17-11-7-16(25)8-12-17/h5-12,19H,2-4,13-14H2,1H3,(H,26,32)(H,27,33)/t19-/m0/s1. The third kappa shape index (κ3) is 6.18.